The molecule has 1 aromatic carbocycles. The number of fused-ring (bicyclic) bond motifs is 1. The van der Waals surface area contributed by atoms with Crippen molar-refractivity contribution in [1.29, 1.82) is 0 Å². The highest BCUT2D eigenvalue weighted by Crippen LogP contribution is 2.32. The van der Waals surface area contributed by atoms with E-state index >= 15 is 0 Å². The van der Waals surface area contributed by atoms with Gasteiger partial charge in [-0.1, -0.05) is 0 Å². The number of nitrogens with two attached hydrogens (primary N) is 1. The van der Waals surface area contributed by atoms with Gasteiger partial charge >= 0.3 is 0 Å². The average Bonchev–Trinajstić information content (AvgIpc) is 3.15. The van der Waals surface area contributed by atoms with Gasteiger partial charge in [-0.25, -0.2) is 4.98 Å². The molecule has 0 aliphatic carbocycles. The largest absolute Gasteiger partial charge is 0.399 e. The molecule has 158 valence electrons. The topological polar surface area (TPSA) is 90.3 Å². The molecule has 0 radical (unpaired) electrons. The molecule has 1 fully saturated rings. The smallest absolute Gasteiger partial charge is 0.151 e. The lowest BCUT2D eigenvalue weighted by atomic mass is 9.96. The van der Waals surface area contributed by atoms with Crippen molar-refractivity contribution in [2.75, 3.05) is 34.4 Å². The summed E-state index contributed by atoms with van der Waals surface area (Å²) in [7, 11) is 2.07. The van der Waals surface area contributed by atoms with Crippen molar-refractivity contribution < 1.29 is 4.79 Å². The van der Waals surface area contributed by atoms with Crippen LogP contribution >= 0.6 is 0 Å². The number of aldehydes is 1. The maximum absolute atomic E-state index is 12.0. The summed E-state index contributed by atoms with van der Waals surface area (Å²) in [5, 5.41) is 4.54. The number of aromatic amines is 1. The summed E-state index contributed by atoms with van der Waals surface area (Å²) in [6.45, 7) is 5.03. The van der Waals surface area contributed by atoms with Crippen molar-refractivity contribution in [1.82, 2.24) is 9.97 Å². The van der Waals surface area contributed by atoms with Gasteiger partial charge in [0.1, 0.15) is 12.1 Å². The predicted molar refractivity (Wildman–Crippen MR) is 124 cm³/mol. The molecule has 0 saturated carbocycles. The van der Waals surface area contributed by atoms with E-state index in [1.165, 1.54) is 0 Å². The van der Waals surface area contributed by atoms with Gasteiger partial charge in [-0.2, -0.15) is 0 Å². The summed E-state index contributed by atoms with van der Waals surface area (Å²) in [5.41, 5.74) is 8.70. The number of pyridine rings is 1. The lowest BCUT2D eigenvalue weighted by molar-refractivity contribution is -0.109. The van der Waals surface area contributed by atoms with Crippen LogP contribution in [0.1, 0.15) is 26.7 Å². The first-order chi connectivity index (χ1) is 14.5. The van der Waals surface area contributed by atoms with E-state index in [9.17, 15) is 4.79 Å². The van der Waals surface area contributed by atoms with E-state index in [-0.39, 0.29) is 12.1 Å². The first kappa shape index (κ1) is 20.1. The summed E-state index contributed by atoms with van der Waals surface area (Å²) in [4.78, 5) is 24.4. The predicted octanol–water partition coefficient (Wildman–Crippen LogP) is 3.64. The maximum atomic E-state index is 12.0. The molecule has 0 spiro atoms. The zero-order valence-electron chi connectivity index (χ0n) is 17.8. The number of nitrogens with zero attached hydrogens (tertiary/aromatic N) is 3. The molecule has 3 heterocycles. The van der Waals surface area contributed by atoms with Crippen molar-refractivity contribution >= 4 is 40.2 Å². The fourth-order valence-electron chi connectivity index (χ4n) is 4.32. The van der Waals surface area contributed by atoms with Crippen molar-refractivity contribution in [2.45, 2.75) is 44.8 Å². The van der Waals surface area contributed by atoms with Crippen LogP contribution in [0, 0.1) is 0 Å². The van der Waals surface area contributed by atoms with E-state index in [2.05, 4.69) is 58.1 Å². The monoisotopic (exact) mass is 406 g/mol. The number of benzene rings is 1. The third-order valence-corrected chi connectivity index (χ3v) is 5.83. The van der Waals surface area contributed by atoms with E-state index in [0.29, 0.717) is 6.04 Å². The number of anilines is 4. The average molecular weight is 407 g/mol. The number of aromatic nitrogens is 2. The second-order valence-electron chi connectivity index (χ2n) is 8.36. The van der Waals surface area contributed by atoms with Crippen molar-refractivity contribution in [3.63, 3.8) is 0 Å². The Hall–Kier alpha value is -3.22. The molecule has 7 nitrogen and oxygen atoms in total. The first-order valence-corrected chi connectivity index (χ1v) is 10.5. The van der Waals surface area contributed by atoms with E-state index < -0.39 is 0 Å². The number of piperidine rings is 1. The summed E-state index contributed by atoms with van der Waals surface area (Å²) in [6.07, 6.45) is 4.57. The number of carbonyl (C=O) groups excluding carboxylic acids is 1. The Kier molecular flexibility index (Phi) is 5.53. The molecule has 0 bridgehead atoms. The van der Waals surface area contributed by atoms with Crippen molar-refractivity contribution in [2.24, 2.45) is 0 Å². The molecule has 1 aliphatic heterocycles. The standard InChI is InChI=1S/C23H30N6O/c1-15(2)26-21-5-4-9-25-23(21)28(3)18-8-10-29(19(13-18)14-30)22-12-16-11-17(24)6-7-20(16)27-22/h4-7,9,11-12,14-15,18-19,26-27H,8,10,13,24H2,1-3H3. The van der Waals surface area contributed by atoms with Crippen LogP contribution < -0.4 is 20.9 Å². The minimum Gasteiger partial charge on any atom is -0.399 e. The van der Waals surface area contributed by atoms with Crippen LogP contribution in [0.5, 0.6) is 0 Å². The molecule has 2 unspecified atom stereocenters. The number of rotatable bonds is 6. The number of carbonyl (C=O) groups is 1. The molecular formula is C23H30N6O. The summed E-state index contributed by atoms with van der Waals surface area (Å²) in [5.74, 6) is 1.89. The number of nitrogen functional groups attached to an aromatic ring is 1. The third-order valence-electron chi connectivity index (χ3n) is 5.83. The van der Waals surface area contributed by atoms with Crippen LogP contribution in [0.4, 0.5) is 23.0 Å². The van der Waals surface area contributed by atoms with Gasteiger partial charge in [-0.15, -0.1) is 0 Å². The van der Waals surface area contributed by atoms with Crippen LogP contribution in [0.15, 0.2) is 42.6 Å². The third kappa shape index (κ3) is 3.92. The number of hydrogen-bond acceptors (Lipinski definition) is 6. The quantitative estimate of drug-likeness (QED) is 0.428. The molecule has 3 aromatic rings. The highest BCUT2D eigenvalue weighted by Gasteiger charge is 2.32. The lowest BCUT2D eigenvalue weighted by Crippen LogP contribution is -2.50. The normalized spacial score (nSPS) is 19.3. The van der Waals surface area contributed by atoms with Gasteiger partial charge in [-0.05, 0) is 63.1 Å². The molecule has 1 saturated heterocycles. The van der Waals surface area contributed by atoms with Gasteiger partial charge in [0.15, 0.2) is 5.82 Å². The van der Waals surface area contributed by atoms with Crippen molar-refractivity contribution in [3.8, 4) is 0 Å². The zero-order valence-corrected chi connectivity index (χ0v) is 17.8. The maximum Gasteiger partial charge on any atom is 0.151 e. The Labute approximate surface area is 177 Å². The summed E-state index contributed by atoms with van der Waals surface area (Å²) in [6, 6.07) is 12.3. The minimum absolute atomic E-state index is 0.193. The Morgan fingerprint density at radius 2 is 2.17 bits per heavy atom. The van der Waals surface area contributed by atoms with Gasteiger partial charge in [0.25, 0.3) is 0 Å². The lowest BCUT2D eigenvalue weighted by Gasteiger charge is -2.41. The van der Waals surface area contributed by atoms with E-state index in [1.807, 2.05) is 30.5 Å². The Morgan fingerprint density at radius 1 is 1.33 bits per heavy atom. The van der Waals surface area contributed by atoms with Gasteiger partial charge in [0.2, 0.25) is 0 Å². The number of nitrogens with one attached hydrogen (secondary N) is 2. The molecule has 0 amide bonds. The molecule has 7 heteroatoms. The molecular weight excluding hydrogens is 376 g/mol. The summed E-state index contributed by atoms with van der Waals surface area (Å²) >= 11 is 0. The van der Waals surface area contributed by atoms with Gasteiger partial charge < -0.3 is 30.6 Å². The SMILES string of the molecule is CC(C)Nc1cccnc1N(C)C1CCN(c2cc3cc(N)ccc3[nH]2)C(C=O)C1. The first-order valence-electron chi connectivity index (χ1n) is 10.5. The van der Waals surface area contributed by atoms with Crippen LogP contribution in [-0.2, 0) is 4.79 Å². The fourth-order valence-corrected chi connectivity index (χ4v) is 4.32. The van der Waals surface area contributed by atoms with E-state index in [1.54, 1.807) is 0 Å². The Bertz CT molecular complexity index is 1030. The van der Waals surface area contributed by atoms with Gasteiger partial charge in [0, 0.05) is 48.5 Å². The molecule has 2 atom stereocenters. The van der Waals surface area contributed by atoms with Crippen LogP contribution in [0.2, 0.25) is 0 Å². The minimum atomic E-state index is -0.193. The van der Waals surface area contributed by atoms with Gasteiger partial charge in [0.05, 0.1) is 11.7 Å². The van der Waals surface area contributed by atoms with Crippen molar-refractivity contribution in [3.05, 3.63) is 42.6 Å². The second-order valence-corrected chi connectivity index (χ2v) is 8.36. The van der Waals surface area contributed by atoms with E-state index in [4.69, 9.17) is 5.73 Å². The zero-order chi connectivity index (χ0) is 21.3. The number of H-pyrrole nitrogens is 1. The van der Waals surface area contributed by atoms with Gasteiger partial charge in [-0.3, -0.25) is 0 Å². The Balaban J connectivity index is 1.54. The van der Waals surface area contributed by atoms with Crippen LogP contribution in [-0.4, -0.2) is 48.0 Å². The Morgan fingerprint density at radius 3 is 2.93 bits per heavy atom. The van der Waals surface area contributed by atoms with Crippen LogP contribution in [0.3, 0.4) is 0 Å². The molecule has 30 heavy (non-hydrogen) atoms. The fraction of sp³-hybridized carbons (Fsp3) is 0.391. The summed E-state index contributed by atoms with van der Waals surface area (Å²) < 4.78 is 0. The highest BCUT2D eigenvalue weighted by atomic mass is 16.1. The highest BCUT2D eigenvalue weighted by molar-refractivity contribution is 5.87. The van der Waals surface area contributed by atoms with E-state index in [0.717, 1.165) is 59.6 Å². The van der Waals surface area contributed by atoms with Crippen LogP contribution in [0.25, 0.3) is 10.9 Å². The molecule has 4 rings (SSSR count). The molecule has 1 aliphatic rings. The molecule has 2 aromatic heterocycles. The number of hydrogen-bond donors (Lipinski definition) is 3. The molecule has 4 N–H and O–H groups in total. The second kappa shape index (κ2) is 8.26.